The Balaban J connectivity index is 0.00000676. The van der Waals surface area contributed by atoms with Crippen LogP contribution in [0, 0.1) is 0 Å². The monoisotopic (exact) mass is 515 g/mol. The van der Waals surface area contributed by atoms with Gasteiger partial charge in [0.05, 0.1) is 53.6 Å². The van der Waals surface area contributed by atoms with Crippen molar-refractivity contribution in [3.8, 4) is 0 Å². The van der Waals surface area contributed by atoms with Gasteiger partial charge in [0.2, 0.25) is 0 Å². The molecule has 1 rings (SSSR count). The van der Waals surface area contributed by atoms with Gasteiger partial charge in [0.15, 0.2) is 11.2 Å². The van der Waals surface area contributed by atoms with E-state index in [4.69, 9.17) is 14.2 Å². The number of hydrogen-bond acceptors (Lipinski definition) is 8. The van der Waals surface area contributed by atoms with Crippen LogP contribution in [0.5, 0.6) is 0 Å². The largest absolute Gasteiger partial charge is 1.00 e. The number of carbonyl (C=O) groups excluding carboxylic acids is 3. The maximum Gasteiger partial charge on any atom is 0.420 e. The van der Waals surface area contributed by atoms with Crippen LogP contribution in [0.15, 0.2) is 11.4 Å². The molecular weight excluding hydrogens is 489 g/mol. The first kappa shape index (κ1) is 25.7. The fourth-order valence-corrected chi connectivity index (χ4v) is 2.85. The lowest BCUT2D eigenvalue weighted by Crippen LogP contribution is -3.00. The lowest BCUT2D eigenvalue weighted by molar-refractivity contribution is -0.887. The molecule has 1 aromatic rings. The molecule has 0 saturated heterocycles. The van der Waals surface area contributed by atoms with Crippen molar-refractivity contribution in [2.75, 3.05) is 41.5 Å². The highest BCUT2D eigenvalue weighted by molar-refractivity contribution is 8.13. The molecule has 0 fully saturated rings. The standard InChI is InChI=1S/C16H26N3O6S.HI/c1-7-24-15(21)18-10-11(17-14(18)26-16(22)25-8-2)9-12(13(20)23-6)19(3,4)5;/h10,12H,7-9H2,1-6H3;1H/q+1;/p-1/t12-;/m0./s1. The van der Waals surface area contributed by atoms with Crippen molar-refractivity contribution in [2.24, 2.45) is 0 Å². The predicted molar refractivity (Wildman–Crippen MR) is 95.1 cm³/mol. The molecule has 1 atom stereocenters. The molecule has 0 saturated carbocycles. The third-order valence-electron chi connectivity index (χ3n) is 3.44. The predicted octanol–water partition coefficient (Wildman–Crippen LogP) is -1.07. The zero-order chi connectivity index (χ0) is 19.9. The van der Waals surface area contributed by atoms with Gasteiger partial charge in [0.1, 0.15) is 0 Å². The van der Waals surface area contributed by atoms with Gasteiger partial charge in [-0.25, -0.2) is 23.9 Å². The summed E-state index contributed by atoms with van der Waals surface area (Å²) in [5.74, 6) is -0.386. The number of halogens is 1. The van der Waals surface area contributed by atoms with Crippen molar-refractivity contribution >= 4 is 29.1 Å². The van der Waals surface area contributed by atoms with Crippen LogP contribution in [-0.2, 0) is 25.4 Å². The van der Waals surface area contributed by atoms with Crippen LogP contribution in [0.25, 0.3) is 0 Å². The summed E-state index contributed by atoms with van der Waals surface area (Å²) in [7, 11) is 6.90. The molecule has 0 aliphatic heterocycles. The molecule has 0 radical (unpaired) electrons. The van der Waals surface area contributed by atoms with Crippen molar-refractivity contribution in [2.45, 2.75) is 31.5 Å². The summed E-state index contributed by atoms with van der Waals surface area (Å²) in [6, 6.07) is -0.522. The highest BCUT2D eigenvalue weighted by Gasteiger charge is 2.34. The highest BCUT2D eigenvalue weighted by atomic mass is 127. The van der Waals surface area contributed by atoms with Crippen molar-refractivity contribution in [3.05, 3.63) is 11.9 Å². The molecule has 1 heterocycles. The Morgan fingerprint density at radius 3 is 2.26 bits per heavy atom. The first-order chi connectivity index (χ1) is 12.1. The van der Waals surface area contributed by atoms with Gasteiger partial charge in [-0.2, -0.15) is 0 Å². The highest BCUT2D eigenvalue weighted by Crippen LogP contribution is 2.22. The smallest absolute Gasteiger partial charge is 0.420 e. The minimum absolute atomic E-state index is 0. The molecule has 0 bridgehead atoms. The minimum Gasteiger partial charge on any atom is -1.00 e. The number of imidazole rings is 1. The van der Waals surface area contributed by atoms with E-state index in [1.54, 1.807) is 13.8 Å². The summed E-state index contributed by atoms with van der Waals surface area (Å²) < 4.78 is 16.2. The van der Waals surface area contributed by atoms with Crippen LogP contribution in [-0.4, -0.2) is 78.9 Å². The summed E-state index contributed by atoms with van der Waals surface area (Å²) in [4.78, 5) is 40.3. The summed E-state index contributed by atoms with van der Waals surface area (Å²) in [5, 5.41) is -0.451. The van der Waals surface area contributed by atoms with Gasteiger partial charge < -0.3 is 42.7 Å². The van der Waals surface area contributed by atoms with E-state index in [1.165, 1.54) is 13.3 Å². The summed E-state index contributed by atoms with van der Waals surface area (Å²) in [6.07, 6.45) is 1.04. The maximum absolute atomic E-state index is 12.1. The van der Waals surface area contributed by atoms with Crippen LogP contribution in [0.2, 0.25) is 0 Å². The van der Waals surface area contributed by atoms with Crippen LogP contribution >= 0.6 is 11.8 Å². The molecule has 0 amide bonds. The molecule has 0 spiro atoms. The van der Waals surface area contributed by atoms with Crippen molar-refractivity contribution in [1.82, 2.24) is 9.55 Å². The number of carbonyl (C=O) groups is 3. The Morgan fingerprint density at radius 2 is 1.78 bits per heavy atom. The maximum atomic E-state index is 12.1. The Bertz CT molecular complexity index is 659. The van der Waals surface area contributed by atoms with E-state index in [0.717, 1.165) is 4.57 Å². The Kier molecular flexibility index (Phi) is 10.9. The first-order valence-electron chi connectivity index (χ1n) is 8.12. The Hall–Kier alpha value is -1.34. The van der Waals surface area contributed by atoms with Gasteiger partial charge in [-0.15, -0.1) is 0 Å². The molecular formula is C16H26IN3O6S. The van der Waals surface area contributed by atoms with Crippen molar-refractivity contribution in [3.63, 3.8) is 0 Å². The fraction of sp³-hybridized carbons (Fsp3) is 0.625. The second-order valence-electron chi connectivity index (χ2n) is 6.23. The molecule has 0 aliphatic carbocycles. The molecule has 1 aromatic heterocycles. The number of methoxy groups -OCH3 is 1. The van der Waals surface area contributed by atoms with Crippen LogP contribution in [0.4, 0.5) is 9.59 Å². The molecule has 11 heteroatoms. The van der Waals surface area contributed by atoms with Crippen molar-refractivity contribution in [1.29, 1.82) is 0 Å². The van der Waals surface area contributed by atoms with Crippen molar-refractivity contribution < 1.29 is 57.1 Å². The van der Waals surface area contributed by atoms with Crippen LogP contribution < -0.4 is 24.0 Å². The minimum atomic E-state index is -0.655. The van der Waals surface area contributed by atoms with E-state index in [1.807, 2.05) is 21.1 Å². The molecule has 0 aromatic carbocycles. The number of nitrogens with zero attached hydrogens (tertiary/aromatic N) is 3. The van der Waals surface area contributed by atoms with Crippen LogP contribution in [0.3, 0.4) is 0 Å². The number of quaternary nitrogens is 1. The summed E-state index contributed by atoms with van der Waals surface area (Å²) in [6.45, 7) is 3.76. The summed E-state index contributed by atoms with van der Waals surface area (Å²) >= 11 is 0.687. The molecule has 0 unspecified atom stereocenters. The van der Waals surface area contributed by atoms with Gasteiger partial charge in [-0.1, -0.05) is 0 Å². The second kappa shape index (κ2) is 11.5. The summed E-state index contributed by atoms with van der Waals surface area (Å²) in [5.41, 5.74) is 0.466. The van der Waals surface area contributed by atoms with E-state index < -0.39 is 17.4 Å². The van der Waals surface area contributed by atoms with Gasteiger partial charge in [0, 0.05) is 18.0 Å². The lowest BCUT2D eigenvalue weighted by atomic mass is 10.1. The molecule has 0 aliphatic rings. The average Bonchev–Trinajstić information content (AvgIpc) is 2.94. The number of rotatable bonds is 7. The number of aromatic nitrogens is 2. The molecule has 27 heavy (non-hydrogen) atoms. The van der Waals surface area contributed by atoms with E-state index in [2.05, 4.69) is 4.98 Å². The third-order valence-corrected chi connectivity index (χ3v) is 4.19. The first-order valence-corrected chi connectivity index (χ1v) is 8.94. The van der Waals surface area contributed by atoms with E-state index >= 15 is 0 Å². The Morgan fingerprint density at radius 1 is 1.19 bits per heavy atom. The normalized spacial score (nSPS) is 11.9. The average molecular weight is 515 g/mol. The van der Waals surface area contributed by atoms with Gasteiger partial charge >= 0.3 is 17.4 Å². The van der Waals surface area contributed by atoms with Crippen LogP contribution in [0.1, 0.15) is 19.5 Å². The second-order valence-corrected chi connectivity index (χ2v) is 7.13. The zero-order valence-electron chi connectivity index (χ0n) is 16.4. The number of likely N-dealkylation sites (N-methyl/N-ethyl adjacent to an activating group) is 1. The molecule has 154 valence electrons. The molecule has 0 N–H and O–H groups in total. The topological polar surface area (TPSA) is 96.7 Å². The van der Waals surface area contributed by atoms with E-state index in [9.17, 15) is 14.4 Å². The number of hydrogen-bond donors (Lipinski definition) is 0. The zero-order valence-corrected chi connectivity index (χ0v) is 19.3. The van der Waals surface area contributed by atoms with Gasteiger partial charge in [-0.05, 0) is 13.8 Å². The van der Waals surface area contributed by atoms with E-state index in [-0.39, 0.29) is 54.7 Å². The number of esters is 1. The van der Waals surface area contributed by atoms with Gasteiger partial charge in [0.25, 0.3) is 0 Å². The van der Waals surface area contributed by atoms with Gasteiger partial charge in [-0.3, -0.25) is 0 Å². The third kappa shape index (κ3) is 7.66. The SMILES string of the molecule is CCOC(=O)Sc1nc(C[C@@H](C(=O)OC)[N+](C)(C)C)cn1C(=O)OCC.[I-]. The quantitative estimate of drug-likeness (QED) is 0.149. The Labute approximate surface area is 180 Å². The van der Waals surface area contributed by atoms with E-state index in [0.29, 0.717) is 21.9 Å². The fourth-order valence-electron chi connectivity index (χ4n) is 2.13. The lowest BCUT2D eigenvalue weighted by Gasteiger charge is -2.31. The number of ether oxygens (including phenoxy) is 3. The molecule has 9 nitrogen and oxygen atoms in total. The number of thioether (sulfide) groups is 1.